The van der Waals surface area contributed by atoms with Gasteiger partial charge in [0, 0.05) is 0 Å². The first-order valence-electron chi connectivity index (χ1n) is 3.13. The molecule has 0 aliphatic carbocycles. The molecule has 0 saturated carbocycles. The van der Waals surface area contributed by atoms with Crippen molar-refractivity contribution >= 4 is 11.6 Å². The normalized spacial score (nSPS) is 18.9. The second-order valence-electron chi connectivity index (χ2n) is 2.31. The van der Waals surface area contributed by atoms with Crippen LogP contribution in [0.5, 0.6) is 0 Å². The number of halogens is 1. The van der Waals surface area contributed by atoms with Gasteiger partial charge in [0.2, 0.25) is 0 Å². The van der Waals surface area contributed by atoms with Crippen molar-refractivity contribution in [1.29, 1.82) is 0 Å². The molecule has 0 amide bonds. The first-order chi connectivity index (χ1) is 4.88. The Balaban J connectivity index is 2.23. The summed E-state index contributed by atoms with van der Waals surface area (Å²) in [5.41, 5.74) is 0. The van der Waals surface area contributed by atoms with E-state index in [1.54, 1.807) is 12.5 Å². The Morgan fingerprint density at radius 3 is 2.90 bits per heavy atom. The van der Waals surface area contributed by atoms with Gasteiger partial charge in [-0.2, -0.15) is 0 Å². The minimum atomic E-state index is 0.412. The predicted molar refractivity (Wildman–Crippen MR) is 37.1 cm³/mol. The highest BCUT2D eigenvalue weighted by atomic mass is 35.5. The van der Waals surface area contributed by atoms with E-state index in [9.17, 15) is 0 Å². The molecule has 2 heterocycles. The summed E-state index contributed by atoms with van der Waals surface area (Å²) in [6, 6.07) is 0.412. The van der Waals surface area contributed by atoms with E-state index in [4.69, 9.17) is 16.3 Å². The fourth-order valence-electron chi connectivity index (χ4n) is 0.941. The molecule has 1 aromatic heterocycles. The Morgan fingerprint density at radius 2 is 2.50 bits per heavy atom. The van der Waals surface area contributed by atoms with Crippen LogP contribution in [0.2, 0.25) is 5.15 Å². The van der Waals surface area contributed by atoms with E-state index in [0.717, 1.165) is 13.2 Å². The molecule has 1 aliphatic rings. The van der Waals surface area contributed by atoms with Crippen LogP contribution < -0.4 is 0 Å². The Morgan fingerprint density at radius 1 is 1.70 bits per heavy atom. The average molecular weight is 159 g/mol. The third kappa shape index (κ3) is 0.822. The number of ether oxygens (including phenoxy) is 1. The van der Waals surface area contributed by atoms with Gasteiger partial charge in [-0.05, 0) is 0 Å². The van der Waals surface area contributed by atoms with E-state index in [0.29, 0.717) is 11.2 Å². The maximum absolute atomic E-state index is 5.79. The van der Waals surface area contributed by atoms with Crippen molar-refractivity contribution in [3.05, 3.63) is 17.7 Å². The van der Waals surface area contributed by atoms with E-state index >= 15 is 0 Å². The molecular weight excluding hydrogens is 152 g/mol. The molecule has 0 radical (unpaired) electrons. The molecule has 0 aromatic carbocycles. The molecule has 0 N–H and O–H groups in total. The smallest absolute Gasteiger partial charge is 0.129 e. The van der Waals surface area contributed by atoms with Gasteiger partial charge in [-0.25, -0.2) is 4.98 Å². The molecule has 0 unspecified atom stereocenters. The molecule has 3 nitrogen and oxygen atoms in total. The quantitative estimate of drug-likeness (QED) is 0.612. The Bertz CT molecular complexity index is 231. The van der Waals surface area contributed by atoms with E-state index in [1.165, 1.54) is 0 Å². The average Bonchev–Trinajstić information content (AvgIpc) is 2.12. The van der Waals surface area contributed by atoms with Crippen LogP contribution in [0.25, 0.3) is 0 Å². The molecular formula is C6H7ClN2O. The number of rotatable bonds is 1. The number of imidazole rings is 1. The van der Waals surface area contributed by atoms with Gasteiger partial charge in [0.25, 0.3) is 0 Å². The summed E-state index contributed by atoms with van der Waals surface area (Å²) >= 11 is 5.79. The molecule has 1 aromatic rings. The van der Waals surface area contributed by atoms with Crippen LogP contribution in [-0.2, 0) is 4.74 Å². The zero-order chi connectivity index (χ0) is 6.97. The van der Waals surface area contributed by atoms with Crippen molar-refractivity contribution in [2.75, 3.05) is 13.2 Å². The second-order valence-corrected chi connectivity index (χ2v) is 2.70. The maximum Gasteiger partial charge on any atom is 0.129 e. The number of hydrogen-bond acceptors (Lipinski definition) is 2. The summed E-state index contributed by atoms with van der Waals surface area (Å²) in [6.45, 7) is 1.52. The lowest BCUT2D eigenvalue weighted by Crippen LogP contribution is -2.30. The summed E-state index contributed by atoms with van der Waals surface area (Å²) in [5, 5.41) is 0.688. The number of nitrogens with zero attached hydrogens (tertiary/aromatic N) is 2. The summed E-state index contributed by atoms with van der Waals surface area (Å²) in [6.07, 6.45) is 3.37. The largest absolute Gasteiger partial charge is 0.377 e. The topological polar surface area (TPSA) is 27.1 Å². The van der Waals surface area contributed by atoms with Crippen molar-refractivity contribution in [3.63, 3.8) is 0 Å². The van der Waals surface area contributed by atoms with Crippen molar-refractivity contribution in [2.24, 2.45) is 0 Å². The second kappa shape index (κ2) is 2.25. The van der Waals surface area contributed by atoms with Crippen LogP contribution in [0, 0.1) is 0 Å². The zero-order valence-electron chi connectivity index (χ0n) is 5.33. The molecule has 0 atom stereocenters. The molecule has 0 bridgehead atoms. The van der Waals surface area contributed by atoms with Gasteiger partial charge in [0.15, 0.2) is 0 Å². The van der Waals surface area contributed by atoms with Gasteiger partial charge in [0.1, 0.15) is 5.15 Å². The maximum atomic E-state index is 5.79. The van der Waals surface area contributed by atoms with Crippen LogP contribution in [0.3, 0.4) is 0 Å². The van der Waals surface area contributed by atoms with E-state index < -0.39 is 0 Å². The van der Waals surface area contributed by atoms with Gasteiger partial charge < -0.3 is 9.30 Å². The fraction of sp³-hybridized carbons (Fsp3) is 0.500. The highest BCUT2D eigenvalue weighted by molar-refractivity contribution is 6.29. The summed E-state index contributed by atoms with van der Waals surface area (Å²) in [4.78, 5) is 3.90. The lowest BCUT2D eigenvalue weighted by molar-refractivity contribution is -0.0232. The molecule has 10 heavy (non-hydrogen) atoms. The minimum Gasteiger partial charge on any atom is -0.377 e. The summed E-state index contributed by atoms with van der Waals surface area (Å²) < 4.78 is 6.93. The van der Waals surface area contributed by atoms with Crippen molar-refractivity contribution in [1.82, 2.24) is 9.55 Å². The summed E-state index contributed by atoms with van der Waals surface area (Å²) in [7, 11) is 0. The van der Waals surface area contributed by atoms with Crippen molar-refractivity contribution in [2.45, 2.75) is 6.04 Å². The van der Waals surface area contributed by atoms with Gasteiger partial charge in [0.05, 0.1) is 31.8 Å². The molecule has 2 rings (SSSR count). The van der Waals surface area contributed by atoms with Gasteiger partial charge in [-0.15, -0.1) is 0 Å². The highest BCUT2D eigenvalue weighted by Crippen LogP contribution is 2.21. The van der Waals surface area contributed by atoms with Crippen LogP contribution >= 0.6 is 11.6 Å². The van der Waals surface area contributed by atoms with Gasteiger partial charge >= 0.3 is 0 Å². The standard InChI is InChI=1S/C6H7ClN2O/c7-6-1-8-4-9(6)5-2-10-3-5/h1,4-5H,2-3H2. The third-order valence-electron chi connectivity index (χ3n) is 1.63. The fourth-order valence-corrected chi connectivity index (χ4v) is 1.18. The molecule has 0 spiro atoms. The minimum absolute atomic E-state index is 0.412. The molecule has 1 aliphatic heterocycles. The van der Waals surface area contributed by atoms with E-state index in [1.807, 2.05) is 4.57 Å². The number of hydrogen-bond donors (Lipinski definition) is 0. The first kappa shape index (κ1) is 6.19. The monoisotopic (exact) mass is 158 g/mol. The Labute approximate surface area is 63.6 Å². The van der Waals surface area contributed by atoms with Crippen LogP contribution in [0.15, 0.2) is 12.5 Å². The molecule has 54 valence electrons. The molecule has 4 heteroatoms. The first-order valence-corrected chi connectivity index (χ1v) is 3.51. The predicted octanol–water partition coefficient (Wildman–Crippen LogP) is 1.11. The van der Waals surface area contributed by atoms with Crippen LogP contribution in [0.1, 0.15) is 6.04 Å². The Kier molecular flexibility index (Phi) is 1.39. The lowest BCUT2D eigenvalue weighted by atomic mass is 10.3. The lowest BCUT2D eigenvalue weighted by Gasteiger charge is -2.27. The van der Waals surface area contributed by atoms with Crippen molar-refractivity contribution in [3.8, 4) is 0 Å². The van der Waals surface area contributed by atoms with Gasteiger partial charge in [-0.1, -0.05) is 11.6 Å². The summed E-state index contributed by atoms with van der Waals surface area (Å²) in [5.74, 6) is 0. The number of aromatic nitrogens is 2. The molecule has 1 fully saturated rings. The zero-order valence-corrected chi connectivity index (χ0v) is 6.08. The van der Waals surface area contributed by atoms with Gasteiger partial charge in [-0.3, -0.25) is 0 Å². The molecule has 1 saturated heterocycles. The van der Waals surface area contributed by atoms with E-state index in [-0.39, 0.29) is 0 Å². The Hall–Kier alpha value is -0.540. The van der Waals surface area contributed by atoms with Crippen molar-refractivity contribution < 1.29 is 4.74 Å². The highest BCUT2D eigenvalue weighted by Gasteiger charge is 2.21. The van der Waals surface area contributed by atoms with E-state index in [2.05, 4.69) is 4.98 Å². The SMILES string of the molecule is Clc1cncn1C1COC1. The van der Waals surface area contributed by atoms with Crippen LogP contribution in [-0.4, -0.2) is 22.8 Å². The third-order valence-corrected chi connectivity index (χ3v) is 1.93. The van der Waals surface area contributed by atoms with Crippen LogP contribution in [0.4, 0.5) is 0 Å².